The Morgan fingerprint density at radius 2 is 1.93 bits per heavy atom. The Kier molecular flexibility index (Phi) is 6.32. The minimum absolute atomic E-state index is 0.0604. The zero-order chi connectivity index (χ0) is 20.9. The van der Waals surface area contributed by atoms with Crippen LogP contribution < -0.4 is 0 Å². The van der Waals surface area contributed by atoms with E-state index in [1.807, 2.05) is 30.3 Å². The number of carboxylic acids is 1. The van der Waals surface area contributed by atoms with Crippen molar-refractivity contribution in [2.24, 2.45) is 0 Å². The molecule has 2 aliphatic rings. The van der Waals surface area contributed by atoms with Crippen molar-refractivity contribution in [1.82, 2.24) is 14.7 Å². The number of likely N-dealkylation sites (tertiary alicyclic amines) is 1. The molecule has 8 heteroatoms. The van der Waals surface area contributed by atoms with E-state index < -0.39 is 5.97 Å². The molecule has 0 aliphatic carbocycles. The summed E-state index contributed by atoms with van der Waals surface area (Å²) in [6.45, 7) is 2.58. The summed E-state index contributed by atoms with van der Waals surface area (Å²) in [5.41, 5.74) is 1.83. The highest BCUT2D eigenvalue weighted by molar-refractivity contribution is 5.88. The van der Waals surface area contributed by atoms with Crippen LogP contribution in [0.5, 0.6) is 0 Å². The van der Waals surface area contributed by atoms with Crippen LogP contribution >= 0.6 is 0 Å². The smallest absolute Gasteiger partial charge is 0.410 e. The van der Waals surface area contributed by atoms with Crippen LogP contribution in [0.3, 0.4) is 0 Å². The highest BCUT2D eigenvalue weighted by atomic mass is 16.6. The largest absolute Gasteiger partial charge is 0.478 e. The average molecular weight is 413 g/mol. The molecule has 3 heterocycles. The van der Waals surface area contributed by atoms with E-state index in [-0.39, 0.29) is 30.2 Å². The minimum atomic E-state index is -0.960. The van der Waals surface area contributed by atoms with Crippen LogP contribution in [0.2, 0.25) is 0 Å². The van der Waals surface area contributed by atoms with E-state index in [2.05, 4.69) is 5.10 Å². The molecular formula is C22H27N3O5. The Balaban J connectivity index is 1.43. The van der Waals surface area contributed by atoms with Crippen LogP contribution in [0.25, 0.3) is 0 Å². The highest BCUT2D eigenvalue weighted by Gasteiger charge is 2.30. The fourth-order valence-corrected chi connectivity index (χ4v) is 4.18. The maximum Gasteiger partial charge on any atom is 0.410 e. The fraction of sp³-hybridized carbons (Fsp3) is 0.500. The molecule has 1 aromatic carbocycles. The summed E-state index contributed by atoms with van der Waals surface area (Å²) in [6.07, 6.45) is 4.49. The van der Waals surface area contributed by atoms with Gasteiger partial charge < -0.3 is 19.5 Å². The summed E-state index contributed by atoms with van der Waals surface area (Å²) >= 11 is 0. The third-order valence-corrected chi connectivity index (χ3v) is 5.83. The quantitative estimate of drug-likeness (QED) is 0.807. The van der Waals surface area contributed by atoms with Crippen molar-refractivity contribution in [3.05, 3.63) is 53.3 Å². The number of aromatic carboxylic acids is 1. The van der Waals surface area contributed by atoms with Crippen molar-refractivity contribution in [2.45, 2.75) is 44.2 Å². The molecule has 0 unspecified atom stereocenters. The predicted molar refractivity (Wildman–Crippen MR) is 108 cm³/mol. The summed E-state index contributed by atoms with van der Waals surface area (Å²) < 4.78 is 12.6. The second-order valence-electron chi connectivity index (χ2n) is 7.88. The molecule has 0 spiro atoms. The van der Waals surface area contributed by atoms with E-state index in [0.29, 0.717) is 32.0 Å². The molecule has 2 fully saturated rings. The van der Waals surface area contributed by atoms with Crippen molar-refractivity contribution >= 4 is 12.1 Å². The second-order valence-corrected chi connectivity index (χ2v) is 7.88. The second kappa shape index (κ2) is 9.30. The molecule has 1 atom stereocenters. The van der Waals surface area contributed by atoms with Gasteiger partial charge in [-0.15, -0.1) is 0 Å². The summed E-state index contributed by atoms with van der Waals surface area (Å²) in [6, 6.07) is 9.52. The monoisotopic (exact) mass is 413 g/mol. The molecule has 2 saturated heterocycles. The van der Waals surface area contributed by atoms with Gasteiger partial charge in [0, 0.05) is 38.4 Å². The predicted octanol–water partition coefficient (Wildman–Crippen LogP) is 3.45. The zero-order valence-corrected chi connectivity index (χ0v) is 16.9. The number of aromatic nitrogens is 2. The standard InChI is InChI=1S/C22H27N3O5/c26-21(27)19-14-25(23-20(19)17-8-11-29-12-9-17)18-7-4-10-24(13-18)22(28)30-15-16-5-2-1-3-6-16/h1-3,5-6,14,17-18H,4,7-13,15H2,(H,26,27)/t18-/m1/s1. The molecular weight excluding hydrogens is 386 g/mol. The molecule has 0 bridgehead atoms. The van der Waals surface area contributed by atoms with Gasteiger partial charge in [0.2, 0.25) is 0 Å². The van der Waals surface area contributed by atoms with Crippen LogP contribution in [0.4, 0.5) is 4.79 Å². The van der Waals surface area contributed by atoms with E-state index >= 15 is 0 Å². The van der Waals surface area contributed by atoms with Crippen LogP contribution in [0, 0.1) is 0 Å². The van der Waals surface area contributed by atoms with Gasteiger partial charge in [-0.1, -0.05) is 30.3 Å². The molecule has 0 radical (unpaired) electrons. The fourth-order valence-electron chi connectivity index (χ4n) is 4.18. The van der Waals surface area contributed by atoms with Gasteiger partial charge in [0.25, 0.3) is 0 Å². The number of carbonyl (C=O) groups excluding carboxylic acids is 1. The molecule has 2 aromatic rings. The van der Waals surface area contributed by atoms with Crippen molar-refractivity contribution in [2.75, 3.05) is 26.3 Å². The number of nitrogens with zero attached hydrogens (tertiary/aromatic N) is 3. The lowest BCUT2D eigenvalue weighted by Gasteiger charge is -2.32. The van der Waals surface area contributed by atoms with Crippen molar-refractivity contribution < 1.29 is 24.2 Å². The first kappa shape index (κ1) is 20.4. The number of ether oxygens (including phenoxy) is 2. The summed E-state index contributed by atoms with van der Waals surface area (Å²) in [7, 11) is 0. The van der Waals surface area contributed by atoms with Gasteiger partial charge in [0.1, 0.15) is 12.2 Å². The number of hydrogen-bond donors (Lipinski definition) is 1. The lowest BCUT2D eigenvalue weighted by Crippen LogP contribution is -2.41. The number of hydrogen-bond acceptors (Lipinski definition) is 5. The van der Waals surface area contributed by atoms with Crippen molar-refractivity contribution in [1.29, 1.82) is 0 Å². The Hall–Kier alpha value is -2.87. The van der Waals surface area contributed by atoms with Crippen LogP contribution in [-0.2, 0) is 16.1 Å². The SMILES string of the molecule is O=C(O)c1cn([C@@H]2CCCN(C(=O)OCc3ccccc3)C2)nc1C1CCOCC1. The van der Waals surface area contributed by atoms with Crippen molar-refractivity contribution in [3.63, 3.8) is 0 Å². The molecule has 1 aromatic heterocycles. The van der Waals surface area contributed by atoms with E-state index in [0.717, 1.165) is 31.2 Å². The van der Waals surface area contributed by atoms with Gasteiger partial charge in [-0.25, -0.2) is 9.59 Å². The lowest BCUT2D eigenvalue weighted by molar-refractivity contribution is 0.0684. The van der Waals surface area contributed by atoms with E-state index in [1.54, 1.807) is 15.8 Å². The molecule has 160 valence electrons. The van der Waals surface area contributed by atoms with Crippen molar-refractivity contribution in [3.8, 4) is 0 Å². The molecule has 1 N–H and O–H groups in total. The molecule has 2 aliphatic heterocycles. The Morgan fingerprint density at radius 1 is 1.17 bits per heavy atom. The number of carboxylic acid groups (broad SMARTS) is 1. The third-order valence-electron chi connectivity index (χ3n) is 5.83. The van der Waals surface area contributed by atoms with Crippen LogP contribution in [0.1, 0.15) is 59.3 Å². The van der Waals surface area contributed by atoms with Gasteiger partial charge in [0.05, 0.1) is 11.7 Å². The number of benzene rings is 1. The Labute approximate surface area is 175 Å². The Bertz CT molecular complexity index is 876. The van der Waals surface area contributed by atoms with E-state index in [1.165, 1.54) is 0 Å². The average Bonchev–Trinajstić information content (AvgIpc) is 3.25. The topological polar surface area (TPSA) is 93.9 Å². The normalized spacial score (nSPS) is 20.1. The number of carbonyl (C=O) groups is 2. The highest BCUT2D eigenvalue weighted by Crippen LogP contribution is 2.30. The molecule has 0 saturated carbocycles. The molecule has 4 rings (SSSR count). The maximum atomic E-state index is 12.5. The van der Waals surface area contributed by atoms with Crippen LogP contribution in [0.15, 0.2) is 36.5 Å². The van der Waals surface area contributed by atoms with Gasteiger partial charge in [0.15, 0.2) is 0 Å². The first-order chi connectivity index (χ1) is 14.6. The molecule has 8 nitrogen and oxygen atoms in total. The van der Waals surface area contributed by atoms with Crippen LogP contribution in [-0.4, -0.2) is 58.2 Å². The molecule has 1 amide bonds. The first-order valence-corrected chi connectivity index (χ1v) is 10.5. The third kappa shape index (κ3) is 4.64. The molecule has 30 heavy (non-hydrogen) atoms. The van der Waals surface area contributed by atoms with E-state index in [4.69, 9.17) is 9.47 Å². The summed E-state index contributed by atoms with van der Waals surface area (Å²) in [4.78, 5) is 26.0. The number of piperidine rings is 1. The van der Waals surface area contributed by atoms with Gasteiger partial charge in [-0.3, -0.25) is 4.68 Å². The van der Waals surface area contributed by atoms with Gasteiger partial charge in [-0.05, 0) is 31.2 Å². The van der Waals surface area contributed by atoms with Gasteiger partial charge >= 0.3 is 12.1 Å². The Morgan fingerprint density at radius 3 is 2.67 bits per heavy atom. The summed E-state index contributed by atoms with van der Waals surface area (Å²) in [5, 5.41) is 14.3. The van der Waals surface area contributed by atoms with Gasteiger partial charge in [-0.2, -0.15) is 5.10 Å². The zero-order valence-electron chi connectivity index (χ0n) is 16.9. The lowest BCUT2D eigenvalue weighted by atomic mass is 9.94. The maximum absolute atomic E-state index is 12.5. The number of amides is 1. The first-order valence-electron chi connectivity index (χ1n) is 10.5. The van der Waals surface area contributed by atoms with E-state index in [9.17, 15) is 14.7 Å². The summed E-state index contributed by atoms with van der Waals surface area (Å²) in [5.74, 6) is -0.862. The number of rotatable bonds is 5. The minimum Gasteiger partial charge on any atom is -0.478 e.